The van der Waals surface area contributed by atoms with Gasteiger partial charge in [-0.2, -0.15) is 0 Å². The predicted molar refractivity (Wildman–Crippen MR) is 121 cm³/mol. The molecule has 2 rings (SSSR count). The van der Waals surface area contributed by atoms with E-state index in [1.54, 1.807) is 18.9 Å². The van der Waals surface area contributed by atoms with Crippen LogP contribution >= 0.6 is 0 Å². The van der Waals surface area contributed by atoms with Gasteiger partial charge in [0.25, 0.3) is 0 Å². The van der Waals surface area contributed by atoms with Gasteiger partial charge in [-0.15, -0.1) is 0 Å². The molecule has 0 unspecified atom stereocenters. The van der Waals surface area contributed by atoms with Crippen molar-refractivity contribution in [2.24, 2.45) is 0 Å². The number of carbonyl (C=O) groups is 2. The van der Waals surface area contributed by atoms with E-state index in [2.05, 4.69) is 12.2 Å². The highest BCUT2D eigenvalue weighted by atomic mass is 16.5. The number of amides is 2. The molecule has 0 aliphatic rings. The Morgan fingerprint density at radius 1 is 1.00 bits per heavy atom. The summed E-state index contributed by atoms with van der Waals surface area (Å²) in [6.07, 6.45) is 1.10. The van der Waals surface area contributed by atoms with Crippen molar-refractivity contribution in [2.45, 2.75) is 66.1 Å². The van der Waals surface area contributed by atoms with Gasteiger partial charge in [0.05, 0.1) is 13.5 Å². The molecule has 2 amide bonds. The zero-order valence-electron chi connectivity index (χ0n) is 19.0. The Morgan fingerprint density at radius 2 is 1.63 bits per heavy atom. The average molecular weight is 411 g/mol. The molecule has 0 spiro atoms. The van der Waals surface area contributed by atoms with Gasteiger partial charge in [0, 0.05) is 12.6 Å². The zero-order valence-corrected chi connectivity index (χ0v) is 19.0. The number of ether oxygens (including phenoxy) is 1. The first-order valence-electron chi connectivity index (χ1n) is 10.5. The van der Waals surface area contributed by atoms with Crippen LogP contribution in [0.2, 0.25) is 0 Å². The number of carbonyl (C=O) groups excluding carboxylic acids is 2. The second-order valence-electron chi connectivity index (χ2n) is 7.96. The molecule has 0 aliphatic heterocycles. The summed E-state index contributed by atoms with van der Waals surface area (Å²) in [4.78, 5) is 27.7. The standard InChI is InChI=1S/C25H34N2O3/c1-7-19(4)26-25(29)20(5)27(16-21-10-12-23(30-6)13-11-21)24(28)15-22-9-8-17(2)18(3)14-22/h8-14,19-20H,7,15-16H2,1-6H3,(H,26,29)/t19-,20-/m0/s1. The van der Waals surface area contributed by atoms with Gasteiger partial charge in [0.15, 0.2) is 0 Å². The molecule has 0 radical (unpaired) electrons. The van der Waals surface area contributed by atoms with Crippen molar-refractivity contribution >= 4 is 11.8 Å². The monoisotopic (exact) mass is 410 g/mol. The molecule has 5 heteroatoms. The van der Waals surface area contributed by atoms with Crippen LogP contribution in [-0.4, -0.2) is 35.9 Å². The van der Waals surface area contributed by atoms with Crippen molar-refractivity contribution in [3.05, 3.63) is 64.7 Å². The Balaban J connectivity index is 2.24. The van der Waals surface area contributed by atoms with Crippen LogP contribution in [0.3, 0.4) is 0 Å². The lowest BCUT2D eigenvalue weighted by Gasteiger charge is -2.30. The molecule has 0 aromatic heterocycles. The third-order valence-corrected chi connectivity index (χ3v) is 5.61. The van der Waals surface area contributed by atoms with E-state index in [9.17, 15) is 9.59 Å². The van der Waals surface area contributed by atoms with E-state index in [4.69, 9.17) is 4.74 Å². The van der Waals surface area contributed by atoms with E-state index in [1.807, 2.05) is 63.2 Å². The van der Waals surface area contributed by atoms with Crippen molar-refractivity contribution in [1.29, 1.82) is 0 Å². The van der Waals surface area contributed by atoms with Crippen LogP contribution in [-0.2, 0) is 22.6 Å². The van der Waals surface area contributed by atoms with Crippen LogP contribution < -0.4 is 10.1 Å². The lowest BCUT2D eigenvalue weighted by atomic mass is 10.0. The van der Waals surface area contributed by atoms with E-state index in [-0.39, 0.29) is 24.3 Å². The number of nitrogens with one attached hydrogen (secondary N) is 1. The number of hydrogen-bond donors (Lipinski definition) is 1. The minimum atomic E-state index is -0.569. The van der Waals surface area contributed by atoms with Crippen molar-refractivity contribution in [3.8, 4) is 5.75 Å². The fourth-order valence-electron chi connectivity index (χ4n) is 3.17. The van der Waals surface area contributed by atoms with E-state index in [0.717, 1.165) is 28.9 Å². The molecule has 2 aromatic rings. The minimum absolute atomic E-state index is 0.0673. The summed E-state index contributed by atoms with van der Waals surface area (Å²) >= 11 is 0. The summed E-state index contributed by atoms with van der Waals surface area (Å²) in [6.45, 7) is 10.2. The quantitative estimate of drug-likeness (QED) is 0.674. The Bertz CT molecular complexity index is 861. The summed E-state index contributed by atoms with van der Waals surface area (Å²) in [7, 11) is 1.62. The predicted octanol–water partition coefficient (Wildman–Crippen LogP) is 4.19. The van der Waals surface area contributed by atoms with Gasteiger partial charge in [0.2, 0.25) is 11.8 Å². The maximum Gasteiger partial charge on any atom is 0.242 e. The number of hydrogen-bond acceptors (Lipinski definition) is 3. The third-order valence-electron chi connectivity index (χ3n) is 5.61. The van der Waals surface area contributed by atoms with Crippen LogP contribution in [0.25, 0.3) is 0 Å². The number of benzene rings is 2. The van der Waals surface area contributed by atoms with E-state index in [1.165, 1.54) is 5.56 Å². The summed E-state index contributed by atoms with van der Waals surface area (Å²) in [6, 6.07) is 13.1. The first-order valence-corrected chi connectivity index (χ1v) is 10.5. The Labute approximate surface area is 180 Å². The highest BCUT2D eigenvalue weighted by Gasteiger charge is 2.27. The van der Waals surface area contributed by atoms with Crippen molar-refractivity contribution < 1.29 is 14.3 Å². The largest absolute Gasteiger partial charge is 0.497 e. The number of methoxy groups -OCH3 is 1. The molecule has 0 aliphatic carbocycles. The van der Waals surface area contributed by atoms with Gasteiger partial charge < -0.3 is 15.0 Å². The minimum Gasteiger partial charge on any atom is -0.497 e. The fraction of sp³-hybridized carbons (Fsp3) is 0.440. The molecule has 5 nitrogen and oxygen atoms in total. The number of rotatable bonds is 9. The van der Waals surface area contributed by atoms with Gasteiger partial charge in [-0.25, -0.2) is 0 Å². The van der Waals surface area contributed by atoms with E-state index in [0.29, 0.717) is 6.54 Å². The molecule has 0 saturated heterocycles. The summed E-state index contributed by atoms with van der Waals surface area (Å²) in [5, 5.41) is 3.00. The summed E-state index contributed by atoms with van der Waals surface area (Å²) < 4.78 is 5.22. The molecule has 1 N–H and O–H groups in total. The van der Waals surface area contributed by atoms with Crippen LogP contribution in [0.4, 0.5) is 0 Å². The van der Waals surface area contributed by atoms with Gasteiger partial charge in [-0.05, 0) is 68.5 Å². The van der Waals surface area contributed by atoms with E-state index >= 15 is 0 Å². The molecule has 0 heterocycles. The first kappa shape index (κ1) is 23.5. The molecule has 0 bridgehead atoms. The van der Waals surface area contributed by atoms with Gasteiger partial charge in [-0.1, -0.05) is 37.3 Å². The first-order chi connectivity index (χ1) is 14.2. The smallest absolute Gasteiger partial charge is 0.242 e. The fourth-order valence-corrected chi connectivity index (χ4v) is 3.17. The van der Waals surface area contributed by atoms with Crippen LogP contribution in [0, 0.1) is 13.8 Å². The molecule has 2 atom stereocenters. The Kier molecular flexibility index (Phi) is 8.46. The maximum absolute atomic E-state index is 13.3. The second-order valence-corrected chi connectivity index (χ2v) is 7.96. The van der Waals surface area contributed by atoms with Gasteiger partial charge in [-0.3, -0.25) is 9.59 Å². The lowest BCUT2D eigenvalue weighted by molar-refractivity contribution is -0.140. The molecule has 0 saturated carbocycles. The van der Waals surface area contributed by atoms with E-state index < -0.39 is 6.04 Å². The second kappa shape index (κ2) is 10.8. The Morgan fingerprint density at radius 3 is 2.20 bits per heavy atom. The average Bonchev–Trinajstić information content (AvgIpc) is 2.74. The normalized spacial score (nSPS) is 12.7. The molecular formula is C25H34N2O3. The summed E-state index contributed by atoms with van der Waals surface area (Å²) in [5.74, 6) is 0.557. The van der Waals surface area contributed by atoms with Crippen molar-refractivity contribution in [1.82, 2.24) is 10.2 Å². The van der Waals surface area contributed by atoms with Crippen LogP contribution in [0.1, 0.15) is 49.4 Å². The molecule has 30 heavy (non-hydrogen) atoms. The van der Waals surface area contributed by atoms with Crippen LogP contribution in [0.5, 0.6) is 5.75 Å². The third kappa shape index (κ3) is 6.34. The number of aryl methyl sites for hydroxylation is 2. The Hall–Kier alpha value is -2.82. The van der Waals surface area contributed by atoms with Crippen molar-refractivity contribution in [2.75, 3.05) is 7.11 Å². The maximum atomic E-state index is 13.3. The number of nitrogens with zero attached hydrogens (tertiary/aromatic N) is 1. The highest BCUT2D eigenvalue weighted by molar-refractivity contribution is 5.88. The van der Waals surface area contributed by atoms with Gasteiger partial charge in [0.1, 0.15) is 11.8 Å². The SMILES string of the molecule is CC[C@H](C)NC(=O)[C@H](C)N(Cc1ccc(OC)cc1)C(=O)Cc1ccc(C)c(C)c1. The topological polar surface area (TPSA) is 58.6 Å². The summed E-state index contributed by atoms with van der Waals surface area (Å²) in [5.41, 5.74) is 4.26. The lowest BCUT2D eigenvalue weighted by Crippen LogP contribution is -2.49. The zero-order chi connectivity index (χ0) is 22.3. The molecule has 2 aromatic carbocycles. The van der Waals surface area contributed by atoms with Gasteiger partial charge >= 0.3 is 0 Å². The van der Waals surface area contributed by atoms with Crippen molar-refractivity contribution in [3.63, 3.8) is 0 Å². The van der Waals surface area contributed by atoms with Crippen LogP contribution in [0.15, 0.2) is 42.5 Å². The molecule has 162 valence electrons. The molecular weight excluding hydrogens is 376 g/mol. The molecule has 0 fully saturated rings. The highest BCUT2D eigenvalue weighted by Crippen LogP contribution is 2.17.